The van der Waals surface area contributed by atoms with Crippen molar-refractivity contribution in [1.82, 2.24) is 9.80 Å². The Morgan fingerprint density at radius 1 is 0.739 bits per heavy atom. The summed E-state index contributed by atoms with van der Waals surface area (Å²) in [7, 11) is 1.81. The van der Waals surface area contributed by atoms with Crippen molar-refractivity contribution in [3.05, 3.63) is 0 Å². The highest BCUT2D eigenvalue weighted by Crippen LogP contribution is 2.33. The number of hydrogen-bond donors (Lipinski definition) is 0. The van der Waals surface area contributed by atoms with Crippen molar-refractivity contribution < 1.29 is 4.74 Å². The summed E-state index contributed by atoms with van der Waals surface area (Å²) in [5.41, 5.74) is 0. The second kappa shape index (κ2) is 9.39. The predicted octanol–water partition coefficient (Wildman–Crippen LogP) is 3.64. The molecule has 23 heavy (non-hydrogen) atoms. The second-order valence-corrected chi connectivity index (χ2v) is 8.31. The molecule has 0 amide bonds. The van der Waals surface area contributed by atoms with Crippen LogP contribution in [0.5, 0.6) is 0 Å². The topological polar surface area (TPSA) is 15.7 Å². The maximum atomic E-state index is 5.21. The Labute approximate surface area is 143 Å². The number of methoxy groups -OCH3 is 1. The Morgan fingerprint density at radius 3 is 1.87 bits per heavy atom. The molecule has 0 bridgehead atoms. The highest BCUT2D eigenvalue weighted by atomic mass is 16.5. The molecule has 0 aromatic carbocycles. The summed E-state index contributed by atoms with van der Waals surface area (Å²) in [4.78, 5) is 5.39. The number of hydrogen-bond acceptors (Lipinski definition) is 3. The van der Waals surface area contributed by atoms with Gasteiger partial charge >= 0.3 is 0 Å². The molecule has 0 radical (unpaired) electrons. The molecule has 3 nitrogen and oxygen atoms in total. The molecule has 134 valence electrons. The average molecular weight is 323 g/mol. The van der Waals surface area contributed by atoms with Crippen LogP contribution in [0, 0.1) is 17.8 Å². The standard InChI is InChI=1S/C20H38N2O/c1-23-16-15-21-11-7-19(8-12-21)20-9-13-22(14-10-20)17-18-5-3-2-4-6-18/h18-20H,2-17H2,1H3. The molecule has 0 aromatic rings. The van der Waals surface area contributed by atoms with Gasteiger partial charge in [-0.15, -0.1) is 0 Å². The molecule has 0 unspecified atom stereocenters. The summed E-state index contributed by atoms with van der Waals surface area (Å²) >= 11 is 0. The Bertz CT molecular complexity index is 314. The monoisotopic (exact) mass is 322 g/mol. The van der Waals surface area contributed by atoms with Crippen LogP contribution in [-0.2, 0) is 4.74 Å². The van der Waals surface area contributed by atoms with Gasteiger partial charge in [0.2, 0.25) is 0 Å². The predicted molar refractivity (Wildman–Crippen MR) is 96.8 cm³/mol. The molecular formula is C20H38N2O. The quantitative estimate of drug-likeness (QED) is 0.742. The molecule has 0 atom stereocenters. The first kappa shape index (κ1) is 17.7. The summed E-state index contributed by atoms with van der Waals surface area (Å²) in [6, 6.07) is 0. The first-order valence-corrected chi connectivity index (χ1v) is 10.3. The number of ether oxygens (including phenoxy) is 1. The Morgan fingerprint density at radius 2 is 1.30 bits per heavy atom. The van der Waals surface area contributed by atoms with E-state index in [-0.39, 0.29) is 0 Å². The summed E-state index contributed by atoms with van der Waals surface area (Å²) in [5.74, 6) is 3.04. The van der Waals surface area contributed by atoms with Gasteiger partial charge in [-0.25, -0.2) is 0 Å². The molecule has 3 rings (SSSR count). The van der Waals surface area contributed by atoms with E-state index >= 15 is 0 Å². The van der Waals surface area contributed by atoms with E-state index in [1.807, 2.05) is 7.11 Å². The zero-order valence-corrected chi connectivity index (χ0v) is 15.3. The van der Waals surface area contributed by atoms with Crippen LogP contribution in [-0.4, -0.2) is 62.8 Å². The van der Waals surface area contributed by atoms with Crippen LogP contribution in [0.25, 0.3) is 0 Å². The zero-order chi connectivity index (χ0) is 15.9. The van der Waals surface area contributed by atoms with Gasteiger partial charge in [0.25, 0.3) is 0 Å². The minimum Gasteiger partial charge on any atom is -0.383 e. The van der Waals surface area contributed by atoms with E-state index in [1.165, 1.54) is 90.5 Å². The first-order chi connectivity index (χ1) is 11.3. The van der Waals surface area contributed by atoms with Gasteiger partial charge in [0.1, 0.15) is 0 Å². The molecule has 2 saturated heterocycles. The van der Waals surface area contributed by atoms with Crippen molar-refractivity contribution in [3.8, 4) is 0 Å². The third-order valence-corrected chi connectivity index (χ3v) is 6.78. The van der Waals surface area contributed by atoms with Crippen molar-refractivity contribution in [2.24, 2.45) is 17.8 Å². The Hall–Kier alpha value is -0.120. The lowest BCUT2D eigenvalue weighted by atomic mass is 9.78. The third kappa shape index (κ3) is 5.44. The SMILES string of the molecule is COCCN1CCC(C2CCN(CC3CCCCC3)CC2)CC1. The van der Waals surface area contributed by atoms with Crippen molar-refractivity contribution in [2.45, 2.75) is 57.8 Å². The lowest BCUT2D eigenvalue weighted by Crippen LogP contribution is -2.42. The molecule has 3 fully saturated rings. The van der Waals surface area contributed by atoms with Crippen LogP contribution in [0.1, 0.15) is 57.8 Å². The van der Waals surface area contributed by atoms with Crippen molar-refractivity contribution in [1.29, 1.82) is 0 Å². The maximum absolute atomic E-state index is 5.21. The molecule has 1 saturated carbocycles. The fourth-order valence-electron chi connectivity index (χ4n) is 5.21. The van der Waals surface area contributed by atoms with Gasteiger partial charge in [0.15, 0.2) is 0 Å². The van der Waals surface area contributed by atoms with Crippen molar-refractivity contribution in [2.75, 3.05) is 53.0 Å². The lowest BCUT2D eigenvalue weighted by molar-refractivity contribution is 0.0738. The van der Waals surface area contributed by atoms with E-state index < -0.39 is 0 Å². The van der Waals surface area contributed by atoms with Crippen LogP contribution in [0.3, 0.4) is 0 Å². The van der Waals surface area contributed by atoms with Crippen molar-refractivity contribution >= 4 is 0 Å². The maximum Gasteiger partial charge on any atom is 0.0589 e. The van der Waals surface area contributed by atoms with E-state index in [9.17, 15) is 0 Å². The molecule has 0 spiro atoms. The van der Waals surface area contributed by atoms with Gasteiger partial charge in [-0.3, -0.25) is 0 Å². The van der Waals surface area contributed by atoms with Gasteiger partial charge in [0, 0.05) is 20.2 Å². The molecule has 0 aromatic heterocycles. The Kier molecular flexibility index (Phi) is 7.22. The van der Waals surface area contributed by atoms with Crippen LogP contribution in [0.4, 0.5) is 0 Å². The Balaban J connectivity index is 1.33. The normalized spacial score (nSPS) is 27.5. The highest BCUT2D eigenvalue weighted by molar-refractivity contribution is 4.83. The largest absolute Gasteiger partial charge is 0.383 e. The number of rotatable bonds is 6. The summed E-state index contributed by atoms with van der Waals surface area (Å²) in [6.45, 7) is 8.79. The van der Waals surface area contributed by atoms with E-state index in [2.05, 4.69) is 9.80 Å². The molecule has 2 aliphatic heterocycles. The van der Waals surface area contributed by atoms with Gasteiger partial charge in [-0.2, -0.15) is 0 Å². The lowest BCUT2D eigenvalue weighted by Gasteiger charge is -2.41. The van der Waals surface area contributed by atoms with Crippen LogP contribution in [0.15, 0.2) is 0 Å². The molecule has 3 heteroatoms. The molecule has 1 aliphatic carbocycles. The zero-order valence-electron chi connectivity index (χ0n) is 15.3. The number of likely N-dealkylation sites (tertiary alicyclic amines) is 2. The van der Waals surface area contributed by atoms with Crippen LogP contribution in [0.2, 0.25) is 0 Å². The summed E-state index contributed by atoms with van der Waals surface area (Å²) in [6.07, 6.45) is 13.3. The summed E-state index contributed by atoms with van der Waals surface area (Å²) in [5, 5.41) is 0. The van der Waals surface area contributed by atoms with E-state index in [0.717, 1.165) is 30.9 Å². The molecule has 3 aliphatic rings. The fourth-order valence-corrected chi connectivity index (χ4v) is 5.21. The van der Waals surface area contributed by atoms with Gasteiger partial charge in [-0.1, -0.05) is 19.3 Å². The third-order valence-electron chi connectivity index (χ3n) is 6.78. The van der Waals surface area contributed by atoms with E-state index in [1.54, 1.807) is 0 Å². The minimum atomic E-state index is 0.893. The average Bonchev–Trinajstić information content (AvgIpc) is 2.62. The molecular weight excluding hydrogens is 284 g/mol. The summed E-state index contributed by atoms with van der Waals surface area (Å²) < 4.78 is 5.21. The van der Waals surface area contributed by atoms with Crippen LogP contribution < -0.4 is 0 Å². The second-order valence-electron chi connectivity index (χ2n) is 8.31. The number of piperidine rings is 2. The first-order valence-electron chi connectivity index (χ1n) is 10.3. The highest BCUT2D eigenvalue weighted by Gasteiger charge is 2.30. The smallest absolute Gasteiger partial charge is 0.0589 e. The van der Waals surface area contributed by atoms with Crippen LogP contribution >= 0.6 is 0 Å². The molecule has 0 N–H and O–H groups in total. The number of nitrogens with zero attached hydrogens (tertiary/aromatic N) is 2. The van der Waals surface area contributed by atoms with E-state index in [0.29, 0.717) is 0 Å². The molecule has 2 heterocycles. The van der Waals surface area contributed by atoms with E-state index in [4.69, 9.17) is 4.74 Å². The van der Waals surface area contributed by atoms with Gasteiger partial charge in [-0.05, 0) is 82.5 Å². The fraction of sp³-hybridized carbons (Fsp3) is 1.00. The minimum absolute atomic E-state index is 0.893. The van der Waals surface area contributed by atoms with Gasteiger partial charge < -0.3 is 14.5 Å². The van der Waals surface area contributed by atoms with Gasteiger partial charge in [0.05, 0.1) is 6.61 Å². The van der Waals surface area contributed by atoms with Crippen molar-refractivity contribution in [3.63, 3.8) is 0 Å².